The van der Waals surface area contributed by atoms with Gasteiger partial charge in [-0.15, -0.1) is 0 Å². The van der Waals surface area contributed by atoms with E-state index in [9.17, 15) is 0 Å². The molecule has 0 saturated heterocycles. The first kappa shape index (κ1) is 10.8. The van der Waals surface area contributed by atoms with Gasteiger partial charge >= 0.3 is 0 Å². The zero-order valence-corrected chi connectivity index (χ0v) is 9.21. The molecule has 0 aliphatic heterocycles. The molecule has 2 nitrogen and oxygen atoms in total. The molecule has 0 saturated carbocycles. The van der Waals surface area contributed by atoms with E-state index in [1.165, 1.54) is 5.56 Å². The van der Waals surface area contributed by atoms with Crippen LogP contribution in [-0.4, -0.2) is 4.98 Å². The zero-order chi connectivity index (χ0) is 11.2. The summed E-state index contributed by atoms with van der Waals surface area (Å²) in [5, 5.41) is 0. The van der Waals surface area contributed by atoms with Crippen molar-refractivity contribution in [2.24, 2.45) is 5.73 Å². The third kappa shape index (κ3) is 2.91. The average molecular weight is 212 g/mol. The Balaban J connectivity index is 1.92. The van der Waals surface area contributed by atoms with E-state index in [4.69, 9.17) is 5.73 Å². The summed E-state index contributed by atoms with van der Waals surface area (Å²) in [5.41, 5.74) is 8.55. The summed E-state index contributed by atoms with van der Waals surface area (Å²) in [6, 6.07) is 14.5. The van der Waals surface area contributed by atoms with E-state index in [0.29, 0.717) is 0 Å². The van der Waals surface area contributed by atoms with Gasteiger partial charge in [-0.3, -0.25) is 4.98 Å². The number of hydrogen-bond acceptors (Lipinski definition) is 2. The quantitative estimate of drug-likeness (QED) is 0.846. The Morgan fingerprint density at radius 1 is 1.06 bits per heavy atom. The van der Waals surface area contributed by atoms with Crippen LogP contribution in [0.5, 0.6) is 0 Å². The third-order valence-corrected chi connectivity index (χ3v) is 2.70. The predicted octanol–water partition coefficient (Wildman–Crippen LogP) is 2.71. The van der Waals surface area contributed by atoms with Crippen molar-refractivity contribution in [1.82, 2.24) is 4.98 Å². The van der Waals surface area contributed by atoms with Crippen molar-refractivity contribution < 1.29 is 0 Å². The van der Waals surface area contributed by atoms with Gasteiger partial charge in [0.15, 0.2) is 0 Å². The highest BCUT2D eigenvalue weighted by atomic mass is 14.7. The molecule has 0 unspecified atom stereocenters. The molecule has 0 radical (unpaired) electrons. The van der Waals surface area contributed by atoms with Crippen molar-refractivity contribution in [2.45, 2.75) is 18.9 Å². The highest BCUT2D eigenvalue weighted by Crippen LogP contribution is 2.15. The maximum Gasteiger partial charge on any atom is 0.0315 e. The van der Waals surface area contributed by atoms with E-state index >= 15 is 0 Å². The Hall–Kier alpha value is -1.67. The van der Waals surface area contributed by atoms with Crippen molar-refractivity contribution >= 4 is 0 Å². The number of rotatable bonds is 4. The first-order chi connectivity index (χ1) is 7.86. The molecule has 82 valence electrons. The van der Waals surface area contributed by atoms with Crippen LogP contribution in [0.1, 0.15) is 23.6 Å². The van der Waals surface area contributed by atoms with Crippen LogP contribution in [0.4, 0.5) is 0 Å². The van der Waals surface area contributed by atoms with E-state index in [1.807, 2.05) is 24.4 Å². The summed E-state index contributed by atoms with van der Waals surface area (Å²) in [4.78, 5) is 4.08. The fourth-order valence-corrected chi connectivity index (χ4v) is 1.73. The summed E-state index contributed by atoms with van der Waals surface area (Å²) in [6.45, 7) is 0. The molecule has 0 bridgehead atoms. The van der Waals surface area contributed by atoms with Crippen LogP contribution in [0.25, 0.3) is 0 Å². The zero-order valence-electron chi connectivity index (χ0n) is 9.21. The third-order valence-electron chi connectivity index (χ3n) is 2.70. The molecule has 2 aromatic rings. The molecule has 1 aromatic heterocycles. The maximum absolute atomic E-state index is 6.10. The van der Waals surface area contributed by atoms with Gasteiger partial charge in [-0.25, -0.2) is 0 Å². The van der Waals surface area contributed by atoms with Crippen LogP contribution in [0.15, 0.2) is 54.9 Å². The standard InChI is InChI=1S/C14H16N2/c15-14(13-7-4-10-16-11-13)9-8-12-5-2-1-3-6-12/h1-7,10-11,14H,8-9,15H2/t14-/m0/s1. The summed E-state index contributed by atoms with van der Waals surface area (Å²) in [5.74, 6) is 0. The van der Waals surface area contributed by atoms with Gasteiger partial charge in [0.1, 0.15) is 0 Å². The first-order valence-electron chi connectivity index (χ1n) is 5.55. The molecule has 2 heteroatoms. The lowest BCUT2D eigenvalue weighted by atomic mass is 10.0. The van der Waals surface area contributed by atoms with Crippen molar-refractivity contribution in [2.75, 3.05) is 0 Å². The molecule has 1 heterocycles. The largest absolute Gasteiger partial charge is 0.324 e. The van der Waals surface area contributed by atoms with Crippen LogP contribution < -0.4 is 5.73 Å². The lowest BCUT2D eigenvalue weighted by Gasteiger charge is -2.11. The molecule has 0 spiro atoms. The average Bonchev–Trinajstić information content (AvgIpc) is 2.38. The second-order valence-corrected chi connectivity index (χ2v) is 3.92. The molecule has 2 N–H and O–H groups in total. The van der Waals surface area contributed by atoms with Crippen molar-refractivity contribution in [3.05, 3.63) is 66.0 Å². The molecule has 16 heavy (non-hydrogen) atoms. The van der Waals surface area contributed by atoms with E-state index in [2.05, 4.69) is 29.2 Å². The first-order valence-corrected chi connectivity index (χ1v) is 5.55. The van der Waals surface area contributed by atoms with Crippen molar-refractivity contribution in [3.63, 3.8) is 0 Å². The van der Waals surface area contributed by atoms with Gasteiger partial charge in [0.2, 0.25) is 0 Å². The number of nitrogens with zero attached hydrogens (tertiary/aromatic N) is 1. The van der Waals surface area contributed by atoms with E-state index in [0.717, 1.165) is 18.4 Å². The smallest absolute Gasteiger partial charge is 0.0315 e. The van der Waals surface area contributed by atoms with Crippen molar-refractivity contribution in [1.29, 1.82) is 0 Å². The van der Waals surface area contributed by atoms with E-state index in [1.54, 1.807) is 6.20 Å². The Labute approximate surface area is 96.1 Å². The van der Waals surface area contributed by atoms with Gasteiger partial charge in [0, 0.05) is 18.4 Å². The van der Waals surface area contributed by atoms with Gasteiger partial charge in [-0.2, -0.15) is 0 Å². The topological polar surface area (TPSA) is 38.9 Å². The molecule has 0 amide bonds. The number of pyridine rings is 1. The molecule has 0 fully saturated rings. The molecule has 0 aliphatic rings. The maximum atomic E-state index is 6.10. The van der Waals surface area contributed by atoms with Gasteiger partial charge < -0.3 is 5.73 Å². The van der Waals surface area contributed by atoms with Gasteiger partial charge in [0.05, 0.1) is 0 Å². The number of nitrogens with two attached hydrogens (primary N) is 1. The second-order valence-electron chi connectivity index (χ2n) is 3.92. The minimum absolute atomic E-state index is 0.0777. The second kappa shape index (κ2) is 5.42. The summed E-state index contributed by atoms with van der Waals surface area (Å²) in [7, 11) is 0. The number of aromatic nitrogens is 1. The SMILES string of the molecule is N[C@@H](CCc1ccccc1)c1cccnc1. The predicted molar refractivity (Wildman–Crippen MR) is 65.9 cm³/mol. The monoisotopic (exact) mass is 212 g/mol. The van der Waals surface area contributed by atoms with Crippen LogP contribution in [0.3, 0.4) is 0 Å². The fraction of sp³-hybridized carbons (Fsp3) is 0.214. The summed E-state index contributed by atoms with van der Waals surface area (Å²) in [6.07, 6.45) is 5.58. The molecule has 1 atom stereocenters. The minimum Gasteiger partial charge on any atom is -0.324 e. The highest BCUT2D eigenvalue weighted by molar-refractivity contribution is 5.17. The summed E-state index contributed by atoms with van der Waals surface area (Å²) >= 11 is 0. The van der Waals surface area contributed by atoms with Crippen molar-refractivity contribution in [3.8, 4) is 0 Å². The Morgan fingerprint density at radius 3 is 2.56 bits per heavy atom. The number of hydrogen-bond donors (Lipinski definition) is 1. The van der Waals surface area contributed by atoms with Crippen LogP contribution in [0.2, 0.25) is 0 Å². The lowest BCUT2D eigenvalue weighted by Crippen LogP contribution is -2.11. The van der Waals surface area contributed by atoms with Crippen LogP contribution >= 0.6 is 0 Å². The molecule has 1 aromatic carbocycles. The van der Waals surface area contributed by atoms with Crippen LogP contribution in [0, 0.1) is 0 Å². The molecule has 2 rings (SSSR count). The Kier molecular flexibility index (Phi) is 3.67. The van der Waals surface area contributed by atoms with Gasteiger partial charge in [-0.1, -0.05) is 36.4 Å². The molecular formula is C14H16N2. The lowest BCUT2D eigenvalue weighted by molar-refractivity contribution is 0.649. The van der Waals surface area contributed by atoms with E-state index in [-0.39, 0.29) is 6.04 Å². The number of benzene rings is 1. The van der Waals surface area contributed by atoms with Crippen LogP contribution in [-0.2, 0) is 6.42 Å². The molecular weight excluding hydrogens is 196 g/mol. The van der Waals surface area contributed by atoms with E-state index < -0.39 is 0 Å². The fourth-order valence-electron chi connectivity index (χ4n) is 1.73. The van der Waals surface area contributed by atoms with Gasteiger partial charge in [-0.05, 0) is 30.0 Å². The Morgan fingerprint density at radius 2 is 1.88 bits per heavy atom. The Bertz CT molecular complexity index is 411. The van der Waals surface area contributed by atoms with Gasteiger partial charge in [0.25, 0.3) is 0 Å². The minimum atomic E-state index is 0.0777. The number of aryl methyl sites for hydroxylation is 1. The normalized spacial score (nSPS) is 12.3. The summed E-state index contributed by atoms with van der Waals surface area (Å²) < 4.78 is 0. The molecule has 0 aliphatic carbocycles. The highest BCUT2D eigenvalue weighted by Gasteiger charge is 2.05.